The van der Waals surface area contributed by atoms with E-state index in [0.29, 0.717) is 6.42 Å². The van der Waals surface area contributed by atoms with Crippen LogP contribution in [0.3, 0.4) is 0 Å². The van der Waals surface area contributed by atoms with Crippen LogP contribution in [0.1, 0.15) is 11.1 Å². The lowest BCUT2D eigenvalue weighted by molar-refractivity contribution is 1.26. The highest BCUT2D eigenvalue weighted by atomic mass is 79.9. The Kier molecular flexibility index (Phi) is 4.20. The molecule has 0 fully saturated rings. The van der Waals surface area contributed by atoms with E-state index < -0.39 is 0 Å². The zero-order valence-corrected chi connectivity index (χ0v) is 9.97. The number of nitrogens with zero attached hydrogens (tertiary/aromatic N) is 1. The second kappa shape index (κ2) is 5.21. The van der Waals surface area contributed by atoms with E-state index in [-0.39, 0.29) is 0 Å². The molecule has 0 bridgehead atoms. The highest BCUT2D eigenvalue weighted by Crippen LogP contribution is 2.18. The third-order valence-corrected chi connectivity index (χ3v) is 1.97. The number of benzene rings is 1. The molecule has 0 saturated heterocycles. The first-order chi connectivity index (χ1) is 6.22. The van der Waals surface area contributed by atoms with Gasteiger partial charge in [0, 0.05) is 0 Å². The van der Waals surface area contributed by atoms with Crippen LogP contribution in [-0.2, 0) is 6.42 Å². The van der Waals surface area contributed by atoms with Crippen molar-refractivity contribution in [1.29, 1.82) is 5.26 Å². The van der Waals surface area contributed by atoms with Gasteiger partial charge >= 0.3 is 0 Å². The van der Waals surface area contributed by atoms with Gasteiger partial charge in [0.2, 0.25) is 0 Å². The maximum Gasteiger partial charge on any atom is 0.0669 e. The van der Waals surface area contributed by atoms with Gasteiger partial charge in [0.25, 0.3) is 0 Å². The number of rotatable bonds is 2. The van der Waals surface area contributed by atoms with Crippen molar-refractivity contribution in [3.8, 4) is 6.07 Å². The lowest BCUT2D eigenvalue weighted by Crippen LogP contribution is -1.81. The number of hydrogen-bond acceptors (Lipinski definition) is 1. The van der Waals surface area contributed by atoms with Gasteiger partial charge in [-0.15, -0.1) is 0 Å². The molecule has 0 aliphatic rings. The van der Waals surface area contributed by atoms with E-state index in [1.165, 1.54) is 0 Å². The minimum Gasteiger partial charge on any atom is -0.198 e. The largest absolute Gasteiger partial charge is 0.198 e. The second-order valence-corrected chi connectivity index (χ2v) is 5.29. The smallest absolute Gasteiger partial charge is 0.0669 e. The summed E-state index contributed by atoms with van der Waals surface area (Å²) in [5, 5.41) is 8.51. The topological polar surface area (TPSA) is 23.8 Å². The molecule has 0 radical (unpaired) electrons. The summed E-state index contributed by atoms with van der Waals surface area (Å²) in [4.78, 5) is 0. The zero-order chi connectivity index (χ0) is 9.68. The summed E-state index contributed by atoms with van der Waals surface area (Å²) in [6.07, 6.45) is 2.41. The number of halogens is 2. The van der Waals surface area contributed by atoms with E-state index >= 15 is 0 Å². The van der Waals surface area contributed by atoms with E-state index in [1.807, 2.05) is 30.3 Å². The van der Waals surface area contributed by atoms with Gasteiger partial charge in [-0.2, -0.15) is 5.26 Å². The Bertz CT molecular complexity index is 359. The second-order valence-electron chi connectivity index (χ2n) is 2.51. The molecule has 1 nitrogen and oxygen atoms in total. The normalized spacial score (nSPS) is 9.00. The zero-order valence-electron chi connectivity index (χ0n) is 6.80. The van der Waals surface area contributed by atoms with Gasteiger partial charge < -0.3 is 0 Å². The lowest BCUT2D eigenvalue weighted by atomic mass is 10.1. The van der Waals surface area contributed by atoms with Crippen molar-refractivity contribution in [1.82, 2.24) is 0 Å². The highest BCUT2D eigenvalue weighted by molar-refractivity contribution is 9.28. The van der Waals surface area contributed by atoms with E-state index in [4.69, 9.17) is 5.26 Å². The van der Waals surface area contributed by atoms with Gasteiger partial charge in [0.05, 0.1) is 15.9 Å². The Morgan fingerprint density at radius 3 is 2.85 bits per heavy atom. The maximum atomic E-state index is 8.51. The monoisotopic (exact) mass is 299 g/mol. The van der Waals surface area contributed by atoms with Crippen molar-refractivity contribution in [2.75, 3.05) is 0 Å². The average Bonchev–Trinajstić information content (AvgIpc) is 2.04. The third-order valence-electron chi connectivity index (χ3n) is 1.51. The maximum absolute atomic E-state index is 8.51. The van der Waals surface area contributed by atoms with E-state index in [9.17, 15) is 0 Å². The first kappa shape index (κ1) is 10.5. The predicted octanol–water partition coefficient (Wildman–Crippen LogP) is 3.84. The quantitative estimate of drug-likeness (QED) is 0.814. The Hall–Kier alpha value is -0.590. The lowest BCUT2D eigenvalue weighted by Gasteiger charge is -1.96. The molecule has 3 heteroatoms. The van der Waals surface area contributed by atoms with Crippen molar-refractivity contribution in [3.05, 3.63) is 38.8 Å². The molecule has 0 amide bonds. The molecule has 0 heterocycles. The summed E-state index contributed by atoms with van der Waals surface area (Å²) in [6, 6.07) is 9.99. The molecule has 13 heavy (non-hydrogen) atoms. The minimum absolute atomic E-state index is 0.460. The van der Waals surface area contributed by atoms with Crippen LogP contribution in [0.5, 0.6) is 0 Å². The van der Waals surface area contributed by atoms with E-state index in [1.54, 1.807) is 0 Å². The van der Waals surface area contributed by atoms with Crippen LogP contribution >= 0.6 is 31.9 Å². The molecule has 0 N–H and O–H groups in total. The molecular formula is C10H7Br2N. The fourth-order valence-corrected chi connectivity index (χ4v) is 1.54. The van der Waals surface area contributed by atoms with Gasteiger partial charge in [-0.05, 0) is 49.1 Å². The highest BCUT2D eigenvalue weighted by Gasteiger charge is 1.93. The van der Waals surface area contributed by atoms with Gasteiger partial charge in [-0.25, -0.2) is 0 Å². The molecule has 0 aliphatic heterocycles. The van der Waals surface area contributed by atoms with Crippen LogP contribution in [0.4, 0.5) is 0 Å². The molecule has 0 unspecified atom stereocenters. The van der Waals surface area contributed by atoms with Gasteiger partial charge in [0.15, 0.2) is 0 Å². The molecule has 1 rings (SSSR count). The van der Waals surface area contributed by atoms with E-state index in [0.717, 1.165) is 14.5 Å². The van der Waals surface area contributed by atoms with Crippen LogP contribution in [0.15, 0.2) is 27.7 Å². The van der Waals surface area contributed by atoms with Crippen molar-refractivity contribution in [3.63, 3.8) is 0 Å². The van der Waals surface area contributed by atoms with Crippen molar-refractivity contribution < 1.29 is 0 Å². The summed E-state index contributed by atoms with van der Waals surface area (Å²) < 4.78 is 0.897. The molecule has 0 saturated carbocycles. The summed E-state index contributed by atoms with van der Waals surface area (Å²) in [6.45, 7) is 0. The molecule has 1 aromatic rings. The fourth-order valence-electron chi connectivity index (χ4n) is 1.01. The Morgan fingerprint density at radius 2 is 2.23 bits per heavy atom. The van der Waals surface area contributed by atoms with Crippen LogP contribution in [-0.4, -0.2) is 0 Å². The first-order valence-electron chi connectivity index (χ1n) is 3.71. The summed E-state index contributed by atoms with van der Waals surface area (Å²) in [5.41, 5.74) is 2.12. The van der Waals surface area contributed by atoms with Crippen molar-refractivity contribution in [2.45, 2.75) is 6.42 Å². The SMILES string of the molecule is N#CCc1cccc(C=C(Br)Br)c1. The predicted molar refractivity (Wildman–Crippen MR) is 61.6 cm³/mol. The van der Waals surface area contributed by atoms with Crippen LogP contribution in [0.2, 0.25) is 0 Å². The van der Waals surface area contributed by atoms with Crippen LogP contribution in [0.25, 0.3) is 6.08 Å². The average molecular weight is 301 g/mol. The van der Waals surface area contributed by atoms with Crippen molar-refractivity contribution in [2.24, 2.45) is 0 Å². The van der Waals surface area contributed by atoms with E-state index in [2.05, 4.69) is 37.9 Å². The molecule has 1 aromatic carbocycles. The Balaban J connectivity index is 2.93. The molecule has 0 atom stereocenters. The van der Waals surface area contributed by atoms with Crippen LogP contribution < -0.4 is 0 Å². The number of hydrogen-bond donors (Lipinski definition) is 0. The van der Waals surface area contributed by atoms with Gasteiger partial charge in [0.1, 0.15) is 0 Å². The Labute approximate surface area is 94.3 Å². The third kappa shape index (κ3) is 3.75. The standard InChI is InChI=1S/C10H7Br2N/c11-10(12)7-9-3-1-2-8(6-9)4-5-13/h1-3,6-7H,4H2. The first-order valence-corrected chi connectivity index (χ1v) is 5.29. The molecule has 0 aliphatic carbocycles. The molecule has 66 valence electrons. The van der Waals surface area contributed by atoms with Gasteiger partial charge in [-0.1, -0.05) is 24.3 Å². The van der Waals surface area contributed by atoms with Gasteiger partial charge in [-0.3, -0.25) is 0 Å². The van der Waals surface area contributed by atoms with Crippen LogP contribution in [0, 0.1) is 11.3 Å². The fraction of sp³-hybridized carbons (Fsp3) is 0.100. The molecule has 0 aromatic heterocycles. The van der Waals surface area contributed by atoms with Crippen molar-refractivity contribution >= 4 is 37.9 Å². The summed E-state index contributed by atoms with van der Waals surface area (Å²) in [7, 11) is 0. The molecular weight excluding hydrogens is 294 g/mol. The Morgan fingerprint density at radius 1 is 1.46 bits per heavy atom. The number of nitriles is 1. The summed E-state index contributed by atoms with van der Waals surface area (Å²) in [5.74, 6) is 0. The summed E-state index contributed by atoms with van der Waals surface area (Å²) >= 11 is 6.57. The molecule has 0 spiro atoms. The minimum atomic E-state index is 0.460.